The van der Waals surface area contributed by atoms with E-state index in [-0.39, 0.29) is 41.6 Å². The molecule has 1 fully saturated rings. The lowest BCUT2D eigenvalue weighted by atomic mass is 9.87. The van der Waals surface area contributed by atoms with Crippen molar-refractivity contribution in [2.45, 2.75) is 186 Å². The van der Waals surface area contributed by atoms with E-state index in [0.717, 1.165) is 48.2 Å². The van der Waals surface area contributed by atoms with Gasteiger partial charge in [-0.2, -0.15) is 4.31 Å². The fourth-order valence-corrected chi connectivity index (χ4v) is 11.3. The van der Waals surface area contributed by atoms with Gasteiger partial charge in [0.05, 0.1) is 19.5 Å². The smallest absolute Gasteiger partial charge is 0.386 e. The number of nitrogens with one attached hydrogen (secondary N) is 2. The number of aliphatic hydroxyl groups is 2. The number of unbranched alkanes of at least 4 members (excludes halogenated alkanes) is 17. The average molecular weight is 1120 g/mol. The summed E-state index contributed by atoms with van der Waals surface area (Å²) in [5, 5.41) is 26.7. The first-order valence-corrected chi connectivity index (χ1v) is 30.8. The summed E-state index contributed by atoms with van der Waals surface area (Å²) in [5.41, 5.74) is 4.29. The number of thioether (sulfide) groups is 1. The summed E-state index contributed by atoms with van der Waals surface area (Å²) >= 11 is 1.16. The molecule has 0 aliphatic carbocycles. The summed E-state index contributed by atoms with van der Waals surface area (Å²) in [5.74, 6) is -1.02. The van der Waals surface area contributed by atoms with E-state index >= 15 is 0 Å². The normalized spacial score (nSPS) is 19.5. The van der Waals surface area contributed by atoms with Gasteiger partial charge in [-0.15, -0.1) is 0 Å². The van der Waals surface area contributed by atoms with Gasteiger partial charge in [0.25, 0.3) is 0 Å². The van der Waals surface area contributed by atoms with Crippen molar-refractivity contribution in [3.05, 3.63) is 24.8 Å². The number of anilines is 1. The molecule has 1 saturated heterocycles. The molecule has 2 aromatic rings. The predicted molar refractivity (Wildman–Crippen MR) is 274 cm³/mol. The Morgan fingerprint density at radius 1 is 0.822 bits per heavy atom. The van der Waals surface area contributed by atoms with Crippen molar-refractivity contribution in [1.82, 2.24) is 30.2 Å². The number of phosphoric acid groups is 3. The van der Waals surface area contributed by atoms with E-state index < -0.39 is 84.6 Å². The van der Waals surface area contributed by atoms with E-state index in [1.807, 2.05) is 0 Å². The Balaban J connectivity index is 1.23. The molecule has 1 aliphatic rings. The van der Waals surface area contributed by atoms with Crippen molar-refractivity contribution in [3.63, 3.8) is 0 Å². The number of aliphatic hydroxyl groups excluding tert-OH is 2. The third-order valence-electron chi connectivity index (χ3n) is 11.9. The third-order valence-corrected chi connectivity index (χ3v) is 15.9. The second-order valence-corrected chi connectivity index (χ2v) is 24.1. The second kappa shape index (κ2) is 33.5. The van der Waals surface area contributed by atoms with Gasteiger partial charge in [0.1, 0.15) is 36.3 Å². The zero-order valence-electron chi connectivity index (χ0n) is 42.4. The molecule has 0 spiro atoms. The molecule has 10 N–H and O–H groups in total. The number of phosphoric ester groups is 3. The Kier molecular flexibility index (Phi) is 29.6. The Morgan fingerprint density at radius 2 is 1.40 bits per heavy atom. The van der Waals surface area contributed by atoms with Crippen LogP contribution in [0.4, 0.5) is 5.82 Å². The lowest BCUT2D eigenvalue weighted by molar-refractivity contribution is -0.137. The van der Waals surface area contributed by atoms with Gasteiger partial charge in [-0.25, -0.2) is 28.6 Å². The van der Waals surface area contributed by atoms with Crippen LogP contribution >= 0.6 is 35.2 Å². The van der Waals surface area contributed by atoms with Crippen LogP contribution in [-0.4, -0.2) is 123 Å². The van der Waals surface area contributed by atoms with Crippen LogP contribution < -0.4 is 16.4 Å². The fourth-order valence-electron chi connectivity index (χ4n) is 7.77. The molecule has 24 nitrogen and oxygen atoms in total. The minimum atomic E-state index is -5.58. The topological polar surface area (TPSA) is 364 Å². The van der Waals surface area contributed by atoms with E-state index in [1.54, 1.807) is 0 Å². The van der Waals surface area contributed by atoms with Crippen molar-refractivity contribution in [1.29, 1.82) is 0 Å². The van der Waals surface area contributed by atoms with Gasteiger partial charge in [-0.1, -0.05) is 135 Å². The molecule has 3 rings (SSSR count). The number of fused-ring (bicyclic) bond motifs is 1. The van der Waals surface area contributed by atoms with E-state index in [0.29, 0.717) is 12.2 Å². The van der Waals surface area contributed by atoms with Crippen molar-refractivity contribution in [2.75, 3.05) is 37.8 Å². The number of carbonyl (C=O) groups excluding carboxylic acids is 3. The molecule has 28 heteroatoms. The predicted octanol–water partition coefficient (Wildman–Crippen LogP) is 7.04. The zero-order chi connectivity index (χ0) is 53.9. The summed E-state index contributed by atoms with van der Waals surface area (Å²) in [4.78, 5) is 88.6. The number of nitrogens with two attached hydrogens (primary N) is 1. The van der Waals surface area contributed by atoms with Crippen LogP contribution in [0.15, 0.2) is 24.8 Å². The summed E-state index contributed by atoms with van der Waals surface area (Å²) in [6, 6.07) is 0. The van der Waals surface area contributed by atoms with E-state index in [9.17, 15) is 57.9 Å². The Hall–Kier alpha value is -2.70. The molecule has 73 heavy (non-hydrogen) atoms. The van der Waals surface area contributed by atoms with Crippen LogP contribution in [0.1, 0.15) is 162 Å². The lowest BCUT2D eigenvalue weighted by Crippen LogP contribution is -2.46. The van der Waals surface area contributed by atoms with E-state index in [1.165, 1.54) is 117 Å². The lowest BCUT2D eigenvalue weighted by Gasteiger charge is -2.30. The molecule has 3 unspecified atom stereocenters. The number of rotatable bonds is 40. The molecular formula is C45H80N7O17P3S. The number of amides is 2. The van der Waals surface area contributed by atoms with Crippen LogP contribution in [-0.2, 0) is 50.7 Å². The number of hydrogen-bond acceptors (Lipinski definition) is 18. The highest BCUT2D eigenvalue weighted by Gasteiger charge is 2.50. The SMILES string of the molecule is CCCCCCCC/C=C\CCCCCCCCCCCCCC(=O)SCCNC(=O)CCNC(=O)[C@H](O)C(C)(C)COP(=O)(O)OP(=O)(O)OC[C@H]1O[C@@H](n2cnc3c(N)ncnc32)[C@@H](O)C1OP(=O)(O)O. The second-order valence-electron chi connectivity index (χ2n) is 18.7. The Labute approximate surface area is 432 Å². The third kappa shape index (κ3) is 25.8. The van der Waals surface area contributed by atoms with E-state index in [4.69, 9.17) is 19.5 Å². The number of nitrogen functional groups attached to an aromatic ring is 1. The standard InChI is InChI=1S/C45H80N7O17P3S/c1-4-5-6-7-8-9-10-11-12-13-14-15-16-17-18-19-20-21-22-23-24-25-36(54)73-29-28-47-35(53)26-27-48-43(57)40(56)45(2,3)31-66-72(63,64)69-71(61,62)65-30-34-39(68-70(58,59)60)38(55)44(67-34)52-33-51-37-41(46)49-32-50-42(37)52/h11-12,32-34,38-40,44,55-56H,4-10,13-31H2,1-3H3,(H,47,53)(H,48,57)(H,61,62)(H,63,64)(H2,46,49,50)(H2,58,59,60)/b12-11-/t34-,38+,39?,40+,44-/m1/s1. The minimum Gasteiger partial charge on any atom is -0.386 e. The molecule has 7 atom stereocenters. The number of allylic oxidation sites excluding steroid dienone is 2. The molecule has 2 aromatic heterocycles. The fraction of sp³-hybridized carbons (Fsp3) is 0.778. The van der Waals surface area contributed by atoms with E-state index in [2.05, 4.69) is 53.5 Å². The average Bonchev–Trinajstić information content (AvgIpc) is 3.88. The summed E-state index contributed by atoms with van der Waals surface area (Å²) in [6.45, 7) is 2.83. The van der Waals surface area contributed by atoms with Gasteiger partial charge in [0, 0.05) is 37.1 Å². The summed E-state index contributed by atoms with van der Waals surface area (Å²) in [7, 11) is -16.4. The van der Waals surface area contributed by atoms with Crippen LogP contribution in [0.2, 0.25) is 0 Å². The van der Waals surface area contributed by atoms with Crippen LogP contribution in [0, 0.1) is 5.41 Å². The van der Waals surface area contributed by atoms with Crippen LogP contribution in [0.25, 0.3) is 11.2 Å². The first kappa shape index (κ1) is 64.6. The maximum absolute atomic E-state index is 12.8. The molecule has 0 radical (unpaired) electrons. The molecule has 2 amide bonds. The minimum absolute atomic E-state index is 0.0339. The molecular weight excluding hydrogens is 1040 g/mol. The number of nitrogens with zero attached hydrogens (tertiary/aromatic N) is 4. The molecule has 0 saturated carbocycles. The molecule has 1 aliphatic heterocycles. The van der Waals surface area contributed by atoms with Crippen molar-refractivity contribution >= 4 is 69.1 Å². The Morgan fingerprint density at radius 3 is 2.00 bits per heavy atom. The number of aromatic nitrogens is 4. The van der Waals surface area contributed by atoms with Gasteiger partial charge in [-0.05, 0) is 32.1 Å². The monoisotopic (exact) mass is 1120 g/mol. The molecule has 0 aromatic carbocycles. The Bertz CT molecular complexity index is 2150. The largest absolute Gasteiger partial charge is 0.481 e. The molecule has 418 valence electrons. The highest BCUT2D eigenvalue weighted by molar-refractivity contribution is 8.13. The van der Waals surface area contributed by atoms with Gasteiger partial charge in [-0.3, -0.25) is 32.5 Å². The zero-order valence-corrected chi connectivity index (χ0v) is 45.9. The number of imidazole rings is 1. The number of ether oxygens (including phenoxy) is 1. The maximum Gasteiger partial charge on any atom is 0.481 e. The highest BCUT2D eigenvalue weighted by atomic mass is 32.2. The first-order chi connectivity index (χ1) is 34.6. The first-order valence-electron chi connectivity index (χ1n) is 25.3. The van der Waals surface area contributed by atoms with Crippen molar-refractivity contribution < 1.29 is 80.5 Å². The molecule has 3 heterocycles. The van der Waals surface area contributed by atoms with Crippen molar-refractivity contribution in [2.24, 2.45) is 5.41 Å². The molecule has 0 bridgehead atoms. The summed E-state index contributed by atoms with van der Waals surface area (Å²) in [6.07, 6.45) is 22.0. The van der Waals surface area contributed by atoms with Gasteiger partial charge >= 0.3 is 23.5 Å². The summed E-state index contributed by atoms with van der Waals surface area (Å²) < 4.78 is 62.5. The van der Waals surface area contributed by atoms with Crippen LogP contribution in [0.3, 0.4) is 0 Å². The van der Waals surface area contributed by atoms with Crippen molar-refractivity contribution in [3.8, 4) is 0 Å². The van der Waals surface area contributed by atoms with Gasteiger partial charge in [0.2, 0.25) is 11.8 Å². The number of carbonyl (C=O) groups is 3. The quantitative estimate of drug-likeness (QED) is 0.0183. The number of hydrogen-bond donors (Lipinski definition) is 9. The van der Waals surface area contributed by atoms with Gasteiger partial charge < -0.3 is 50.9 Å². The van der Waals surface area contributed by atoms with Crippen LogP contribution in [0.5, 0.6) is 0 Å². The van der Waals surface area contributed by atoms with Gasteiger partial charge in [0.15, 0.2) is 22.8 Å². The highest BCUT2D eigenvalue weighted by Crippen LogP contribution is 2.61. The maximum atomic E-state index is 12.8.